The zero-order chi connectivity index (χ0) is 13.1. The molecule has 0 unspecified atom stereocenters. The average molecular weight is 253 g/mol. The third kappa shape index (κ3) is 2.52. The van der Waals surface area contributed by atoms with E-state index in [9.17, 15) is 0 Å². The predicted molar refractivity (Wildman–Crippen MR) is 76.1 cm³/mol. The van der Waals surface area contributed by atoms with Gasteiger partial charge in [0.1, 0.15) is 12.4 Å². The largest absolute Gasteiger partial charge is 0.492 e. The van der Waals surface area contributed by atoms with Crippen molar-refractivity contribution in [2.75, 3.05) is 12.3 Å². The van der Waals surface area contributed by atoms with Crippen LogP contribution in [-0.4, -0.2) is 16.2 Å². The summed E-state index contributed by atoms with van der Waals surface area (Å²) < 4.78 is 7.77. The number of anilines is 1. The lowest BCUT2D eigenvalue weighted by molar-refractivity contribution is 0.300. The van der Waals surface area contributed by atoms with Gasteiger partial charge in [-0.25, -0.2) is 4.98 Å². The fourth-order valence-electron chi connectivity index (χ4n) is 2.01. The lowest BCUT2D eigenvalue weighted by atomic mass is 10.3. The molecule has 0 aliphatic carbocycles. The molecule has 96 valence electrons. The number of benzene rings is 2. The summed E-state index contributed by atoms with van der Waals surface area (Å²) in [6.45, 7) is 1.37. The Kier molecular flexibility index (Phi) is 3.06. The van der Waals surface area contributed by atoms with Crippen molar-refractivity contribution in [1.82, 2.24) is 9.55 Å². The van der Waals surface area contributed by atoms with E-state index in [1.165, 1.54) is 0 Å². The molecule has 4 nitrogen and oxygen atoms in total. The van der Waals surface area contributed by atoms with Crippen LogP contribution < -0.4 is 10.5 Å². The number of ether oxygens (including phenoxy) is 1. The maximum absolute atomic E-state index is 5.68. The van der Waals surface area contributed by atoms with Gasteiger partial charge < -0.3 is 15.0 Å². The van der Waals surface area contributed by atoms with Crippen LogP contribution in [-0.2, 0) is 6.54 Å². The molecule has 19 heavy (non-hydrogen) atoms. The van der Waals surface area contributed by atoms with Gasteiger partial charge in [0.15, 0.2) is 0 Å². The van der Waals surface area contributed by atoms with Gasteiger partial charge in [-0.15, -0.1) is 0 Å². The van der Waals surface area contributed by atoms with Crippen LogP contribution in [0.15, 0.2) is 54.9 Å². The summed E-state index contributed by atoms with van der Waals surface area (Å²) in [4.78, 5) is 4.35. The Labute approximate surface area is 111 Å². The van der Waals surface area contributed by atoms with Crippen LogP contribution in [0.25, 0.3) is 11.0 Å². The topological polar surface area (TPSA) is 53.1 Å². The molecule has 0 amide bonds. The number of aromatic nitrogens is 2. The van der Waals surface area contributed by atoms with Gasteiger partial charge >= 0.3 is 0 Å². The van der Waals surface area contributed by atoms with Gasteiger partial charge in [-0.05, 0) is 36.4 Å². The van der Waals surface area contributed by atoms with Gasteiger partial charge in [-0.3, -0.25) is 0 Å². The van der Waals surface area contributed by atoms with E-state index in [0.717, 1.165) is 29.0 Å². The summed E-state index contributed by atoms with van der Waals surface area (Å²) in [6, 6.07) is 15.5. The number of hydrogen-bond acceptors (Lipinski definition) is 3. The Bertz CT molecular complexity index is 673. The van der Waals surface area contributed by atoms with Crippen molar-refractivity contribution >= 4 is 16.7 Å². The van der Waals surface area contributed by atoms with Crippen molar-refractivity contribution in [3.63, 3.8) is 0 Å². The van der Waals surface area contributed by atoms with E-state index >= 15 is 0 Å². The van der Waals surface area contributed by atoms with Crippen LogP contribution in [0.2, 0.25) is 0 Å². The minimum absolute atomic E-state index is 0.601. The molecular formula is C15H15N3O. The van der Waals surface area contributed by atoms with Crippen LogP contribution in [0, 0.1) is 0 Å². The lowest BCUT2D eigenvalue weighted by Crippen LogP contribution is -2.07. The number of imidazole rings is 1. The fraction of sp³-hybridized carbons (Fsp3) is 0.133. The Hall–Kier alpha value is -2.49. The molecule has 0 spiro atoms. The number of rotatable bonds is 4. The first-order chi connectivity index (χ1) is 9.33. The number of nitrogens with zero attached hydrogens (tertiary/aromatic N) is 2. The molecule has 0 radical (unpaired) electrons. The summed E-state index contributed by atoms with van der Waals surface area (Å²) >= 11 is 0. The SMILES string of the molecule is Nc1ccc(OCCn2cnc3ccccc32)cc1. The van der Waals surface area contributed by atoms with Crippen LogP contribution in [0.3, 0.4) is 0 Å². The zero-order valence-electron chi connectivity index (χ0n) is 10.5. The summed E-state index contributed by atoms with van der Waals surface area (Å²) in [5.74, 6) is 0.832. The van der Waals surface area contributed by atoms with Crippen molar-refractivity contribution in [2.45, 2.75) is 6.54 Å². The highest BCUT2D eigenvalue weighted by molar-refractivity contribution is 5.74. The molecular weight excluding hydrogens is 238 g/mol. The van der Waals surface area contributed by atoms with E-state index in [1.54, 1.807) is 0 Å². The van der Waals surface area contributed by atoms with Crippen molar-refractivity contribution in [3.8, 4) is 5.75 Å². The van der Waals surface area contributed by atoms with Gasteiger partial charge in [-0.2, -0.15) is 0 Å². The highest BCUT2D eigenvalue weighted by atomic mass is 16.5. The number of fused-ring (bicyclic) bond motifs is 1. The standard InChI is InChI=1S/C15H15N3O/c16-12-5-7-13(8-6-12)19-10-9-18-11-17-14-3-1-2-4-15(14)18/h1-8,11H,9-10,16H2. The average Bonchev–Trinajstić information content (AvgIpc) is 2.85. The highest BCUT2D eigenvalue weighted by Gasteiger charge is 2.01. The second kappa shape index (κ2) is 5.02. The van der Waals surface area contributed by atoms with Gasteiger partial charge in [0.05, 0.1) is 23.9 Å². The van der Waals surface area contributed by atoms with Gasteiger partial charge in [-0.1, -0.05) is 12.1 Å². The highest BCUT2D eigenvalue weighted by Crippen LogP contribution is 2.14. The van der Waals surface area contributed by atoms with Crippen molar-refractivity contribution in [3.05, 3.63) is 54.9 Å². The Morgan fingerprint density at radius 2 is 1.84 bits per heavy atom. The molecule has 0 aliphatic rings. The van der Waals surface area contributed by atoms with Crippen molar-refractivity contribution in [2.24, 2.45) is 0 Å². The van der Waals surface area contributed by atoms with Crippen molar-refractivity contribution in [1.29, 1.82) is 0 Å². The third-order valence-corrected chi connectivity index (χ3v) is 3.01. The van der Waals surface area contributed by atoms with Crippen LogP contribution in [0.5, 0.6) is 5.75 Å². The first kappa shape index (κ1) is 11.6. The molecule has 0 saturated heterocycles. The molecule has 0 fully saturated rings. The molecule has 0 bridgehead atoms. The van der Waals surface area contributed by atoms with E-state index in [2.05, 4.69) is 15.6 Å². The molecule has 0 atom stereocenters. The summed E-state index contributed by atoms with van der Waals surface area (Å²) in [6.07, 6.45) is 1.84. The Morgan fingerprint density at radius 1 is 1.05 bits per heavy atom. The molecule has 1 heterocycles. The Morgan fingerprint density at radius 3 is 2.68 bits per heavy atom. The first-order valence-electron chi connectivity index (χ1n) is 6.21. The monoisotopic (exact) mass is 253 g/mol. The molecule has 0 aliphatic heterocycles. The molecule has 3 aromatic rings. The molecule has 2 N–H and O–H groups in total. The van der Waals surface area contributed by atoms with E-state index < -0.39 is 0 Å². The number of nitrogen functional groups attached to an aromatic ring is 1. The summed E-state index contributed by atoms with van der Waals surface area (Å²) in [5, 5.41) is 0. The quantitative estimate of drug-likeness (QED) is 0.727. The molecule has 3 rings (SSSR count). The third-order valence-electron chi connectivity index (χ3n) is 3.01. The van der Waals surface area contributed by atoms with Crippen LogP contribution in [0.1, 0.15) is 0 Å². The predicted octanol–water partition coefficient (Wildman–Crippen LogP) is 2.70. The maximum atomic E-state index is 5.68. The Balaban J connectivity index is 1.65. The fourth-order valence-corrected chi connectivity index (χ4v) is 2.01. The van der Waals surface area contributed by atoms with Crippen molar-refractivity contribution < 1.29 is 4.74 Å². The maximum Gasteiger partial charge on any atom is 0.119 e. The normalized spacial score (nSPS) is 10.7. The van der Waals surface area contributed by atoms with Gasteiger partial charge in [0, 0.05) is 5.69 Å². The van der Waals surface area contributed by atoms with E-state index in [-0.39, 0.29) is 0 Å². The summed E-state index contributed by atoms with van der Waals surface area (Å²) in [5.41, 5.74) is 8.51. The molecule has 2 aromatic carbocycles. The van der Waals surface area contributed by atoms with Gasteiger partial charge in [0.25, 0.3) is 0 Å². The van der Waals surface area contributed by atoms with Crippen LogP contribution >= 0.6 is 0 Å². The number of nitrogens with two attached hydrogens (primary N) is 1. The second-order valence-corrected chi connectivity index (χ2v) is 4.34. The molecule has 4 heteroatoms. The van der Waals surface area contributed by atoms with E-state index in [0.29, 0.717) is 6.61 Å². The zero-order valence-corrected chi connectivity index (χ0v) is 10.5. The first-order valence-corrected chi connectivity index (χ1v) is 6.21. The number of para-hydroxylation sites is 2. The van der Waals surface area contributed by atoms with Crippen LogP contribution in [0.4, 0.5) is 5.69 Å². The minimum atomic E-state index is 0.601. The molecule has 0 saturated carbocycles. The number of hydrogen-bond donors (Lipinski definition) is 1. The lowest BCUT2D eigenvalue weighted by Gasteiger charge is -2.07. The molecule has 1 aromatic heterocycles. The second-order valence-electron chi connectivity index (χ2n) is 4.34. The minimum Gasteiger partial charge on any atom is -0.492 e. The van der Waals surface area contributed by atoms with E-state index in [1.807, 2.05) is 48.8 Å². The van der Waals surface area contributed by atoms with E-state index in [4.69, 9.17) is 10.5 Å². The summed E-state index contributed by atoms with van der Waals surface area (Å²) in [7, 11) is 0. The van der Waals surface area contributed by atoms with Gasteiger partial charge in [0.2, 0.25) is 0 Å². The smallest absolute Gasteiger partial charge is 0.119 e.